The van der Waals surface area contributed by atoms with Crippen LogP contribution in [0.4, 0.5) is 17.1 Å². The highest BCUT2D eigenvalue weighted by atomic mass is 15.1. The SMILES string of the molecule is CC(C)(C)c1cc2c(c(C(C)(C)C)c1)C(C)(C)c1cc(N(c3cccc(C4(c5ccccc5)c5ccccc5-c5ccccc54)c3)c3ccc4c(c3)C(C)(C)c3ccccc3-4)ccc1-2. The molecule has 8 aromatic rings. The van der Waals surface area contributed by atoms with Gasteiger partial charge < -0.3 is 4.90 Å². The van der Waals surface area contributed by atoms with Crippen LogP contribution in [0.5, 0.6) is 0 Å². The highest BCUT2D eigenvalue weighted by molar-refractivity contribution is 5.91. The third-order valence-corrected chi connectivity index (χ3v) is 15.2. The largest absolute Gasteiger partial charge is 0.310 e. The standard InChI is InChI=1S/C63H59N/c1-59(2,3)42-36-51-50-34-32-45(39-56(50)62(9,10)58(51)57(37-42)60(4,5)6)64(44-31-33-49-46-25-14-17-28-52(46)61(7,8)55(49)38-44)43-24-20-23-41(35-43)63(40-21-12-11-13-22-40)53-29-18-15-26-47(53)48-27-16-19-30-54(48)63/h11-39H,1-10H3. The van der Waals surface area contributed by atoms with Gasteiger partial charge in [0, 0.05) is 27.9 Å². The molecule has 0 fully saturated rings. The van der Waals surface area contributed by atoms with E-state index in [2.05, 4.69) is 250 Å². The molecular weight excluding hydrogens is 771 g/mol. The Hall–Kier alpha value is -6.44. The predicted molar refractivity (Wildman–Crippen MR) is 271 cm³/mol. The van der Waals surface area contributed by atoms with E-state index < -0.39 is 5.41 Å². The molecule has 8 aromatic carbocycles. The van der Waals surface area contributed by atoms with Gasteiger partial charge in [0.25, 0.3) is 0 Å². The summed E-state index contributed by atoms with van der Waals surface area (Å²) in [5, 5.41) is 0. The van der Waals surface area contributed by atoms with Crippen LogP contribution in [0, 0.1) is 0 Å². The molecule has 3 aliphatic carbocycles. The molecule has 0 radical (unpaired) electrons. The summed E-state index contributed by atoms with van der Waals surface area (Å²) >= 11 is 0. The second-order valence-corrected chi connectivity index (χ2v) is 21.8. The van der Waals surface area contributed by atoms with Crippen LogP contribution in [0.2, 0.25) is 0 Å². The van der Waals surface area contributed by atoms with Gasteiger partial charge in [0.2, 0.25) is 0 Å². The van der Waals surface area contributed by atoms with Crippen molar-refractivity contribution in [2.45, 2.75) is 96.3 Å². The van der Waals surface area contributed by atoms with Gasteiger partial charge in [-0.3, -0.25) is 0 Å². The van der Waals surface area contributed by atoms with Gasteiger partial charge in [-0.15, -0.1) is 0 Å². The molecule has 0 saturated carbocycles. The van der Waals surface area contributed by atoms with Gasteiger partial charge >= 0.3 is 0 Å². The van der Waals surface area contributed by atoms with Crippen molar-refractivity contribution < 1.29 is 0 Å². The van der Waals surface area contributed by atoms with E-state index in [9.17, 15) is 0 Å². The van der Waals surface area contributed by atoms with Crippen molar-refractivity contribution >= 4 is 17.1 Å². The van der Waals surface area contributed by atoms with Crippen LogP contribution >= 0.6 is 0 Å². The number of hydrogen-bond donors (Lipinski definition) is 0. The fourth-order valence-electron chi connectivity index (χ4n) is 12.0. The maximum atomic E-state index is 2.54. The molecule has 0 bridgehead atoms. The van der Waals surface area contributed by atoms with Crippen molar-refractivity contribution in [3.63, 3.8) is 0 Å². The highest BCUT2D eigenvalue weighted by Gasteiger charge is 2.47. The summed E-state index contributed by atoms with van der Waals surface area (Å²) < 4.78 is 0. The molecule has 3 aliphatic rings. The molecule has 0 aliphatic heterocycles. The van der Waals surface area contributed by atoms with E-state index in [1.165, 1.54) is 94.7 Å². The highest BCUT2D eigenvalue weighted by Crippen LogP contribution is 2.58. The van der Waals surface area contributed by atoms with E-state index in [1.54, 1.807) is 0 Å². The predicted octanol–water partition coefficient (Wildman–Crippen LogP) is 16.7. The second kappa shape index (κ2) is 13.8. The fourth-order valence-corrected chi connectivity index (χ4v) is 12.0. The van der Waals surface area contributed by atoms with Crippen molar-refractivity contribution in [1.82, 2.24) is 0 Å². The Balaban J connectivity index is 1.16. The van der Waals surface area contributed by atoms with Crippen LogP contribution < -0.4 is 4.90 Å². The quantitative estimate of drug-likeness (QED) is 0.167. The summed E-state index contributed by atoms with van der Waals surface area (Å²) in [6, 6.07) is 67.3. The smallest absolute Gasteiger partial charge is 0.0714 e. The fraction of sp³-hybridized carbons (Fsp3) is 0.238. The first kappa shape index (κ1) is 40.3. The second-order valence-electron chi connectivity index (χ2n) is 21.8. The zero-order valence-electron chi connectivity index (χ0n) is 39.2. The van der Waals surface area contributed by atoms with E-state index in [0.717, 1.165) is 11.4 Å². The first-order valence-corrected chi connectivity index (χ1v) is 23.3. The third kappa shape index (κ3) is 5.69. The molecular formula is C63H59N. The number of rotatable bonds is 5. The van der Waals surface area contributed by atoms with Crippen LogP contribution in [0.15, 0.2) is 176 Å². The molecule has 0 amide bonds. The Kier molecular flexibility index (Phi) is 8.69. The zero-order valence-corrected chi connectivity index (χ0v) is 39.2. The lowest BCUT2D eigenvalue weighted by molar-refractivity contribution is 0.545. The summed E-state index contributed by atoms with van der Waals surface area (Å²) in [6.07, 6.45) is 0. The van der Waals surface area contributed by atoms with Crippen LogP contribution in [0.25, 0.3) is 33.4 Å². The van der Waals surface area contributed by atoms with E-state index in [-0.39, 0.29) is 21.7 Å². The normalized spacial score (nSPS) is 15.7. The summed E-state index contributed by atoms with van der Waals surface area (Å²) in [7, 11) is 0. The van der Waals surface area contributed by atoms with E-state index in [1.807, 2.05) is 0 Å². The summed E-state index contributed by atoms with van der Waals surface area (Å²) in [5.41, 5.74) is 24.3. The minimum Gasteiger partial charge on any atom is -0.310 e. The maximum Gasteiger partial charge on any atom is 0.0714 e. The monoisotopic (exact) mass is 829 g/mol. The van der Waals surface area contributed by atoms with Gasteiger partial charge in [0.05, 0.1) is 5.41 Å². The molecule has 0 atom stereocenters. The molecule has 64 heavy (non-hydrogen) atoms. The summed E-state index contributed by atoms with van der Waals surface area (Å²) in [6.45, 7) is 23.9. The number of hydrogen-bond acceptors (Lipinski definition) is 1. The van der Waals surface area contributed by atoms with E-state index >= 15 is 0 Å². The Morgan fingerprint density at radius 1 is 0.344 bits per heavy atom. The van der Waals surface area contributed by atoms with Crippen molar-refractivity contribution in [3.05, 3.63) is 232 Å². The first-order valence-electron chi connectivity index (χ1n) is 23.3. The van der Waals surface area contributed by atoms with Crippen molar-refractivity contribution in [3.8, 4) is 33.4 Å². The zero-order chi connectivity index (χ0) is 44.6. The van der Waals surface area contributed by atoms with Gasteiger partial charge in [-0.2, -0.15) is 0 Å². The van der Waals surface area contributed by atoms with Crippen LogP contribution in [0.3, 0.4) is 0 Å². The van der Waals surface area contributed by atoms with Crippen LogP contribution in [-0.2, 0) is 27.1 Å². The van der Waals surface area contributed by atoms with Crippen molar-refractivity contribution in [2.24, 2.45) is 0 Å². The lowest BCUT2D eigenvalue weighted by atomic mass is 9.67. The number of benzene rings is 8. The summed E-state index contributed by atoms with van der Waals surface area (Å²) in [5.74, 6) is 0. The molecule has 11 rings (SSSR count). The minimum atomic E-state index is -0.507. The van der Waals surface area contributed by atoms with E-state index in [0.29, 0.717) is 0 Å². The number of nitrogens with zero attached hydrogens (tertiary/aromatic N) is 1. The first-order chi connectivity index (χ1) is 30.5. The Morgan fingerprint density at radius 3 is 1.39 bits per heavy atom. The maximum absolute atomic E-state index is 2.54. The topological polar surface area (TPSA) is 3.24 Å². The van der Waals surface area contributed by atoms with Gasteiger partial charge in [0.1, 0.15) is 0 Å². The Labute approximate surface area is 381 Å². The number of anilines is 3. The van der Waals surface area contributed by atoms with Gasteiger partial charge in [0.15, 0.2) is 0 Å². The van der Waals surface area contributed by atoms with Crippen molar-refractivity contribution in [2.75, 3.05) is 4.90 Å². The number of fused-ring (bicyclic) bond motifs is 9. The molecule has 1 nitrogen and oxygen atoms in total. The van der Waals surface area contributed by atoms with Gasteiger partial charge in [-0.25, -0.2) is 0 Å². The Morgan fingerprint density at radius 2 is 0.812 bits per heavy atom. The molecule has 0 saturated heterocycles. The molecule has 316 valence electrons. The molecule has 0 spiro atoms. The van der Waals surface area contributed by atoms with Gasteiger partial charge in [-0.1, -0.05) is 209 Å². The molecule has 0 heterocycles. The van der Waals surface area contributed by atoms with Gasteiger partial charge in [-0.05, 0) is 136 Å². The molecule has 0 unspecified atom stereocenters. The lowest BCUT2D eigenvalue weighted by Gasteiger charge is -2.35. The lowest BCUT2D eigenvalue weighted by Crippen LogP contribution is -2.28. The molecule has 1 heteroatoms. The summed E-state index contributed by atoms with van der Waals surface area (Å²) in [4.78, 5) is 2.54. The van der Waals surface area contributed by atoms with Crippen molar-refractivity contribution in [1.29, 1.82) is 0 Å². The average molecular weight is 830 g/mol. The Bertz CT molecular complexity index is 3130. The van der Waals surface area contributed by atoms with Crippen LogP contribution in [-0.4, -0.2) is 0 Å². The average Bonchev–Trinajstić information content (AvgIpc) is 3.81. The van der Waals surface area contributed by atoms with E-state index in [4.69, 9.17) is 0 Å². The third-order valence-electron chi connectivity index (χ3n) is 15.2. The molecule has 0 aromatic heterocycles. The minimum absolute atomic E-state index is 0.0130. The van der Waals surface area contributed by atoms with Crippen LogP contribution in [0.1, 0.15) is 125 Å². The molecule has 0 N–H and O–H groups in total.